The van der Waals surface area contributed by atoms with Crippen LogP contribution in [0.1, 0.15) is 0 Å². The zero-order valence-corrected chi connectivity index (χ0v) is 35.4. The minimum absolute atomic E-state index is 0.0208. The number of hydrogen-bond donors (Lipinski definition) is 0. The van der Waals surface area contributed by atoms with Gasteiger partial charge in [-0.3, -0.25) is 0 Å². The summed E-state index contributed by atoms with van der Waals surface area (Å²) in [6, 6.07) is 87.5. The zero-order valence-electron chi connectivity index (χ0n) is 35.4. The number of nitrogens with zero attached hydrogens (tertiary/aromatic N) is 3. The maximum Gasteiger partial charge on any atom is 0.256 e. The maximum atomic E-state index is 7.02. The van der Waals surface area contributed by atoms with Crippen LogP contribution < -0.4 is 30.9 Å². The van der Waals surface area contributed by atoms with E-state index in [1.165, 1.54) is 27.7 Å². The average Bonchev–Trinajstić information content (AvgIpc) is 3.69. The molecule has 0 N–H and O–H groups in total. The summed E-state index contributed by atoms with van der Waals surface area (Å²) in [6.07, 6.45) is 0. The first-order valence-electron chi connectivity index (χ1n) is 22.3. The second kappa shape index (κ2) is 15.1. The molecule has 0 fully saturated rings. The lowest BCUT2D eigenvalue weighted by molar-refractivity contribution is 0.488. The molecule has 0 radical (unpaired) electrons. The summed E-state index contributed by atoms with van der Waals surface area (Å²) in [5.41, 5.74) is 18.3. The van der Waals surface area contributed by atoms with Crippen molar-refractivity contribution in [2.24, 2.45) is 0 Å². The number of ether oxygens (including phenoxy) is 1. The molecule has 0 spiro atoms. The minimum atomic E-state index is -0.0208. The van der Waals surface area contributed by atoms with E-state index in [-0.39, 0.29) is 6.71 Å². The van der Waals surface area contributed by atoms with E-state index in [0.717, 1.165) is 84.0 Å². The summed E-state index contributed by atoms with van der Waals surface area (Å²) < 4.78 is 9.47. The van der Waals surface area contributed by atoms with E-state index in [4.69, 9.17) is 4.74 Å². The monoisotopic (exact) mass is 829 g/mol. The fraction of sp³-hybridized carbons (Fsp3) is 0. The third-order valence-electron chi connectivity index (χ3n) is 13.2. The third kappa shape index (κ3) is 6.08. The van der Waals surface area contributed by atoms with Gasteiger partial charge in [-0.25, -0.2) is 0 Å². The molecule has 0 aliphatic carbocycles. The number of rotatable bonds is 7. The van der Waals surface area contributed by atoms with E-state index in [1.54, 1.807) is 0 Å². The van der Waals surface area contributed by atoms with Crippen molar-refractivity contribution in [2.45, 2.75) is 0 Å². The van der Waals surface area contributed by atoms with Gasteiger partial charge in [-0.1, -0.05) is 152 Å². The van der Waals surface area contributed by atoms with Crippen molar-refractivity contribution in [1.29, 1.82) is 0 Å². The van der Waals surface area contributed by atoms with E-state index in [1.807, 2.05) is 0 Å². The quantitative estimate of drug-likeness (QED) is 0.149. The van der Waals surface area contributed by atoms with Crippen molar-refractivity contribution in [2.75, 3.05) is 9.80 Å². The highest BCUT2D eigenvalue weighted by atomic mass is 16.5. The zero-order chi connectivity index (χ0) is 42.8. The lowest BCUT2D eigenvalue weighted by atomic mass is 9.34. The highest BCUT2D eigenvalue weighted by Crippen LogP contribution is 2.45. The Bertz CT molecular complexity index is 3510. The smallest absolute Gasteiger partial charge is 0.256 e. The fourth-order valence-electron chi connectivity index (χ4n) is 10.3. The Balaban J connectivity index is 1.03. The third-order valence-corrected chi connectivity index (χ3v) is 13.2. The van der Waals surface area contributed by atoms with Crippen LogP contribution in [-0.4, -0.2) is 11.3 Å². The molecule has 4 nitrogen and oxygen atoms in total. The van der Waals surface area contributed by atoms with Gasteiger partial charge in [0.2, 0.25) is 0 Å². The fourth-order valence-corrected chi connectivity index (χ4v) is 10.3. The average molecular weight is 830 g/mol. The molecule has 11 aromatic rings. The molecule has 3 heterocycles. The first-order chi connectivity index (χ1) is 32.2. The predicted molar refractivity (Wildman–Crippen MR) is 272 cm³/mol. The van der Waals surface area contributed by atoms with Gasteiger partial charge in [0.05, 0.1) is 11.0 Å². The van der Waals surface area contributed by atoms with Crippen molar-refractivity contribution < 1.29 is 4.74 Å². The van der Waals surface area contributed by atoms with Crippen LogP contribution in [0.4, 0.5) is 34.1 Å². The molecule has 5 heteroatoms. The summed E-state index contributed by atoms with van der Waals surface area (Å²) in [5, 5.41) is 2.31. The molecular formula is C60H40BN3O. The van der Waals surface area contributed by atoms with Crippen LogP contribution in [0.3, 0.4) is 0 Å². The van der Waals surface area contributed by atoms with E-state index in [2.05, 4.69) is 257 Å². The van der Waals surface area contributed by atoms with Gasteiger partial charge in [-0.05, 0) is 130 Å². The number of hydrogen-bond acceptors (Lipinski definition) is 3. The Morgan fingerprint density at radius 1 is 0.354 bits per heavy atom. The second-order valence-electron chi connectivity index (χ2n) is 16.9. The Kier molecular flexibility index (Phi) is 8.60. The molecule has 0 unspecified atom stereocenters. The van der Waals surface area contributed by atoms with Gasteiger partial charge in [0.25, 0.3) is 6.71 Å². The van der Waals surface area contributed by atoms with Gasteiger partial charge in [0.15, 0.2) is 0 Å². The highest BCUT2D eigenvalue weighted by molar-refractivity contribution is 6.99. The Morgan fingerprint density at radius 3 is 1.57 bits per heavy atom. The number of aromatic nitrogens is 1. The molecule has 0 saturated carbocycles. The van der Waals surface area contributed by atoms with Gasteiger partial charge >= 0.3 is 0 Å². The lowest BCUT2D eigenvalue weighted by Gasteiger charge is -2.39. The Labute approximate surface area is 378 Å². The Morgan fingerprint density at radius 2 is 0.892 bits per heavy atom. The highest BCUT2D eigenvalue weighted by Gasteiger charge is 2.42. The van der Waals surface area contributed by atoms with Crippen molar-refractivity contribution in [3.8, 4) is 39.4 Å². The standard InChI is InChI=1S/C60H40BN3O/c1-5-18-41(19-6-1)43-22-15-28-47(36-43)62(48-29-16-23-44(37-48)42-20-7-2-8-21-42)49-34-35-50-51-39-59-53(40-57(51)64(56(50)38-49)46-26-11-4-12-27-46)61-52-30-13-14-31-54(52)63(45-24-9-3-10-25-45)55-32-17-33-58(65-59)60(55)61/h1-40H. The molecule has 65 heavy (non-hydrogen) atoms. The van der Waals surface area contributed by atoms with Crippen LogP contribution in [0, 0.1) is 0 Å². The summed E-state index contributed by atoms with van der Waals surface area (Å²) in [5.74, 6) is 1.79. The minimum Gasteiger partial charge on any atom is -0.458 e. The van der Waals surface area contributed by atoms with Gasteiger partial charge in [0, 0.05) is 50.6 Å². The van der Waals surface area contributed by atoms with Crippen LogP contribution in [0.15, 0.2) is 243 Å². The molecule has 2 aliphatic heterocycles. The van der Waals surface area contributed by atoms with Gasteiger partial charge < -0.3 is 19.1 Å². The molecule has 0 bridgehead atoms. The Hall–Kier alpha value is -8.54. The normalized spacial score (nSPS) is 12.4. The van der Waals surface area contributed by atoms with Crippen LogP contribution in [-0.2, 0) is 0 Å². The lowest BCUT2D eigenvalue weighted by Crippen LogP contribution is -2.59. The molecular weight excluding hydrogens is 789 g/mol. The van der Waals surface area contributed by atoms with Crippen molar-refractivity contribution in [1.82, 2.24) is 4.57 Å². The summed E-state index contributed by atoms with van der Waals surface area (Å²) in [6.45, 7) is -0.0208. The SMILES string of the molecule is c1ccc(-c2cccc(N(c3cccc(-c4ccccc4)c3)c3ccc4c5cc6c(cc5n(-c5ccccc5)c4c3)B3c4ccccc4N(c4ccccc4)c4cccc(c43)O6)c2)cc1. The molecule has 13 rings (SSSR count). The van der Waals surface area contributed by atoms with Gasteiger partial charge in [0.1, 0.15) is 11.5 Å². The van der Waals surface area contributed by atoms with Crippen LogP contribution >= 0.6 is 0 Å². The summed E-state index contributed by atoms with van der Waals surface area (Å²) in [7, 11) is 0. The van der Waals surface area contributed by atoms with Gasteiger partial charge in [-0.2, -0.15) is 0 Å². The summed E-state index contributed by atoms with van der Waals surface area (Å²) >= 11 is 0. The van der Waals surface area contributed by atoms with Crippen LogP contribution in [0.2, 0.25) is 0 Å². The van der Waals surface area contributed by atoms with E-state index < -0.39 is 0 Å². The van der Waals surface area contributed by atoms with E-state index >= 15 is 0 Å². The van der Waals surface area contributed by atoms with Crippen LogP contribution in [0.5, 0.6) is 11.5 Å². The largest absolute Gasteiger partial charge is 0.458 e. The molecule has 0 atom stereocenters. The number of anilines is 6. The van der Waals surface area contributed by atoms with Crippen molar-refractivity contribution in [3.63, 3.8) is 0 Å². The van der Waals surface area contributed by atoms with E-state index in [0.29, 0.717) is 0 Å². The predicted octanol–water partition coefficient (Wildman–Crippen LogP) is 14.0. The molecule has 304 valence electrons. The van der Waals surface area contributed by atoms with E-state index in [9.17, 15) is 0 Å². The number of para-hydroxylation sites is 3. The molecule has 0 saturated heterocycles. The molecule has 0 amide bonds. The summed E-state index contributed by atoms with van der Waals surface area (Å²) in [4.78, 5) is 4.78. The first kappa shape index (κ1) is 37.1. The molecule has 2 aliphatic rings. The second-order valence-corrected chi connectivity index (χ2v) is 16.9. The topological polar surface area (TPSA) is 20.6 Å². The first-order valence-corrected chi connectivity index (χ1v) is 22.3. The number of benzene rings is 10. The molecule has 10 aromatic carbocycles. The number of fused-ring (bicyclic) bond motifs is 7. The van der Waals surface area contributed by atoms with Crippen molar-refractivity contribution in [3.05, 3.63) is 243 Å². The van der Waals surface area contributed by atoms with Crippen LogP contribution in [0.25, 0.3) is 49.7 Å². The van der Waals surface area contributed by atoms with Gasteiger partial charge in [-0.15, -0.1) is 0 Å². The molecule has 1 aromatic heterocycles. The maximum absolute atomic E-state index is 7.02. The van der Waals surface area contributed by atoms with Crippen molar-refractivity contribution >= 4 is 79.0 Å².